The lowest BCUT2D eigenvalue weighted by Crippen LogP contribution is -2.25. The number of fused-ring (bicyclic) bond motifs is 1. The Kier molecular flexibility index (Phi) is 5.21. The maximum Gasteiger partial charge on any atom is 0.254 e. The first-order valence-corrected chi connectivity index (χ1v) is 9.19. The summed E-state index contributed by atoms with van der Waals surface area (Å²) in [6.45, 7) is 1.87. The maximum absolute atomic E-state index is 12.7. The zero-order chi connectivity index (χ0) is 17.1. The van der Waals surface area contributed by atoms with E-state index in [9.17, 15) is 9.59 Å². The van der Waals surface area contributed by atoms with Gasteiger partial charge in [0.1, 0.15) is 5.00 Å². The molecule has 1 aromatic carbocycles. The molecular weight excluding hydrogens is 344 g/mol. The Morgan fingerprint density at radius 1 is 1.25 bits per heavy atom. The molecule has 0 radical (unpaired) electrons. The van der Waals surface area contributed by atoms with Gasteiger partial charge in [0.25, 0.3) is 5.91 Å². The molecule has 4 nitrogen and oxygen atoms in total. The lowest BCUT2D eigenvalue weighted by Gasteiger charge is -2.13. The number of aryl methyl sites for hydroxylation is 1. The Bertz CT molecular complexity index is 785. The highest BCUT2D eigenvalue weighted by molar-refractivity contribution is 7.17. The summed E-state index contributed by atoms with van der Waals surface area (Å²) in [5.74, 6) is -0.296. The lowest BCUT2D eigenvalue weighted by atomic mass is 9.95. The Labute approximate surface area is 150 Å². The molecule has 2 amide bonds. The van der Waals surface area contributed by atoms with Gasteiger partial charge in [0.2, 0.25) is 5.91 Å². The van der Waals surface area contributed by atoms with Crippen molar-refractivity contribution in [3.05, 3.63) is 50.9 Å². The molecule has 0 saturated carbocycles. The molecule has 6 heteroatoms. The lowest BCUT2D eigenvalue weighted by molar-refractivity contribution is -0.114. The molecule has 24 heavy (non-hydrogen) atoms. The zero-order valence-corrected chi connectivity index (χ0v) is 15.0. The van der Waals surface area contributed by atoms with Gasteiger partial charge in [-0.15, -0.1) is 11.3 Å². The monoisotopic (exact) mass is 362 g/mol. The third-order valence-electron chi connectivity index (χ3n) is 4.03. The van der Waals surface area contributed by atoms with Crippen LogP contribution in [0.25, 0.3) is 0 Å². The molecule has 1 heterocycles. The Balaban J connectivity index is 1.82. The summed E-state index contributed by atoms with van der Waals surface area (Å²) >= 11 is 7.51. The van der Waals surface area contributed by atoms with Crippen LogP contribution in [0.5, 0.6) is 0 Å². The predicted molar refractivity (Wildman–Crippen MR) is 97.9 cm³/mol. The van der Waals surface area contributed by atoms with E-state index in [4.69, 9.17) is 11.6 Å². The molecule has 2 aromatic rings. The number of nitrogens with one attached hydrogen (secondary N) is 2. The van der Waals surface area contributed by atoms with Crippen molar-refractivity contribution < 1.29 is 9.59 Å². The molecular formula is C18H19ClN2O2S. The smallest absolute Gasteiger partial charge is 0.254 e. The van der Waals surface area contributed by atoms with Gasteiger partial charge in [0, 0.05) is 23.4 Å². The fourth-order valence-electron chi connectivity index (χ4n) is 2.97. The highest BCUT2D eigenvalue weighted by atomic mass is 35.5. The quantitative estimate of drug-likeness (QED) is 0.857. The van der Waals surface area contributed by atoms with Crippen molar-refractivity contribution in [1.29, 1.82) is 0 Å². The molecule has 0 fully saturated rings. The van der Waals surface area contributed by atoms with E-state index in [1.807, 2.05) is 18.2 Å². The van der Waals surface area contributed by atoms with Gasteiger partial charge in [-0.1, -0.05) is 23.7 Å². The second-order valence-corrected chi connectivity index (χ2v) is 7.45. The average molecular weight is 363 g/mol. The van der Waals surface area contributed by atoms with E-state index in [0.717, 1.165) is 36.8 Å². The van der Waals surface area contributed by atoms with Crippen LogP contribution in [-0.4, -0.2) is 11.8 Å². The number of amides is 2. The van der Waals surface area contributed by atoms with Crippen molar-refractivity contribution in [3.8, 4) is 0 Å². The van der Waals surface area contributed by atoms with Crippen LogP contribution in [0.4, 0.5) is 5.00 Å². The van der Waals surface area contributed by atoms with Crippen molar-refractivity contribution in [2.24, 2.45) is 0 Å². The van der Waals surface area contributed by atoms with Gasteiger partial charge in [0.05, 0.1) is 5.56 Å². The van der Waals surface area contributed by atoms with E-state index in [0.29, 0.717) is 22.1 Å². The predicted octanol–water partition coefficient (Wildman–Crippen LogP) is 4.17. The third-order valence-corrected chi connectivity index (χ3v) is 5.47. The molecule has 0 saturated heterocycles. The van der Waals surface area contributed by atoms with Crippen LogP contribution in [0.2, 0.25) is 5.02 Å². The molecule has 0 unspecified atom stereocenters. The van der Waals surface area contributed by atoms with Crippen LogP contribution in [0, 0.1) is 0 Å². The molecule has 1 aromatic heterocycles. The van der Waals surface area contributed by atoms with Crippen LogP contribution in [-0.2, 0) is 24.2 Å². The van der Waals surface area contributed by atoms with Crippen LogP contribution < -0.4 is 10.6 Å². The van der Waals surface area contributed by atoms with Gasteiger partial charge in [-0.25, -0.2) is 0 Å². The minimum Gasteiger partial charge on any atom is -0.348 e. The zero-order valence-electron chi connectivity index (χ0n) is 13.4. The first kappa shape index (κ1) is 17.0. The number of carbonyl (C=O) groups excluding carboxylic acids is 2. The third kappa shape index (κ3) is 3.79. The Hall–Kier alpha value is -1.85. The average Bonchev–Trinajstić information content (AvgIpc) is 2.89. The summed E-state index contributed by atoms with van der Waals surface area (Å²) < 4.78 is 0. The first-order valence-electron chi connectivity index (χ1n) is 7.99. The van der Waals surface area contributed by atoms with Gasteiger partial charge >= 0.3 is 0 Å². The summed E-state index contributed by atoms with van der Waals surface area (Å²) in [7, 11) is 0. The van der Waals surface area contributed by atoms with E-state index in [2.05, 4.69) is 10.6 Å². The molecule has 0 bridgehead atoms. The van der Waals surface area contributed by atoms with Crippen molar-refractivity contribution >= 4 is 39.8 Å². The molecule has 0 spiro atoms. The second kappa shape index (κ2) is 7.36. The topological polar surface area (TPSA) is 58.2 Å². The normalized spacial score (nSPS) is 13.2. The standard InChI is InChI=1S/C18H19ClN2O2S/c1-11(22)21-18-16(14-7-2-3-8-15(14)24-18)17(23)20-10-12-5-4-6-13(19)9-12/h4-6,9H,2-3,7-8,10H2,1H3,(H,20,23)(H,21,22). The van der Waals surface area contributed by atoms with Gasteiger partial charge in [-0.2, -0.15) is 0 Å². The summed E-state index contributed by atoms with van der Waals surface area (Å²) in [6, 6.07) is 7.42. The molecule has 126 valence electrons. The van der Waals surface area contributed by atoms with E-state index in [1.54, 1.807) is 6.07 Å². The summed E-state index contributed by atoms with van der Waals surface area (Å²) in [5.41, 5.74) is 2.67. The SMILES string of the molecule is CC(=O)Nc1sc2c(c1C(=O)NCc1cccc(Cl)c1)CCCC2. The minimum atomic E-state index is -0.155. The van der Waals surface area contributed by atoms with Crippen LogP contribution in [0.1, 0.15) is 46.1 Å². The Morgan fingerprint density at radius 3 is 2.79 bits per heavy atom. The van der Waals surface area contributed by atoms with Gasteiger partial charge in [-0.05, 0) is 48.9 Å². The molecule has 3 rings (SSSR count). The van der Waals surface area contributed by atoms with Gasteiger partial charge < -0.3 is 10.6 Å². The first-order chi connectivity index (χ1) is 11.5. The second-order valence-electron chi connectivity index (χ2n) is 5.91. The van der Waals surface area contributed by atoms with Gasteiger partial charge in [0.15, 0.2) is 0 Å². The number of rotatable bonds is 4. The molecule has 2 N–H and O–H groups in total. The van der Waals surface area contributed by atoms with Crippen molar-refractivity contribution in [2.75, 3.05) is 5.32 Å². The van der Waals surface area contributed by atoms with E-state index < -0.39 is 0 Å². The largest absolute Gasteiger partial charge is 0.348 e. The number of benzene rings is 1. The number of hydrogen-bond donors (Lipinski definition) is 2. The van der Waals surface area contributed by atoms with Crippen molar-refractivity contribution in [1.82, 2.24) is 5.32 Å². The maximum atomic E-state index is 12.7. The van der Waals surface area contributed by atoms with Gasteiger partial charge in [-0.3, -0.25) is 9.59 Å². The molecule has 1 aliphatic rings. The van der Waals surface area contributed by atoms with E-state index in [-0.39, 0.29) is 11.8 Å². The molecule has 0 atom stereocenters. The van der Waals surface area contributed by atoms with Crippen molar-refractivity contribution in [3.63, 3.8) is 0 Å². The summed E-state index contributed by atoms with van der Waals surface area (Å²) in [6.07, 6.45) is 4.09. The number of carbonyl (C=O) groups is 2. The van der Waals surface area contributed by atoms with Crippen LogP contribution in [0.15, 0.2) is 24.3 Å². The number of hydrogen-bond acceptors (Lipinski definition) is 3. The highest BCUT2D eigenvalue weighted by Crippen LogP contribution is 2.38. The van der Waals surface area contributed by atoms with E-state index in [1.165, 1.54) is 23.1 Å². The Morgan fingerprint density at radius 2 is 2.04 bits per heavy atom. The van der Waals surface area contributed by atoms with Crippen LogP contribution in [0.3, 0.4) is 0 Å². The minimum absolute atomic E-state index is 0.141. The highest BCUT2D eigenvalue weighted by Gasteiger charge is 2.25. The van der Waals surface area contributed by atoms with E-state index >= 15 is 0 Å². The summed E-state index contributed by atoms with van der Waals surface area (Å²) in [5, 5.41) is 7.08. The number of anilines is 1. The number of halogens is 1. The fraction of sp³-hybridized carbons (Fsp3) is 0.333. The molecule has 1 aliphatic carbocycles. The number of thiophene rings is 1. The summed E-state index contributed by atoms with van der Waals surface area (Å²) in [4.78, 5) is 25.4. The molecule has 0 aliphatic heterocycles. The van der Waals surface area contributed by atoms with Crippen LogP contribution >= 0.6 is 22.9 Å². The van der Waals surface area contributed by atoms with Crippen molar-refractivity contribution in [2.45, 2.75) is 39.2 Å². The fourth-order valence-corrected chi connectivity index (χ4v) is 4.52.